The topological polar surface area (TPSA) is 84.2 Å². The molecule has 2 aromatic carbocycles. The first kappa shape index (κ1) is 16.0. The lowest BCUT2D eigenvalue weighted by Gasteiger charge is -2.09. The van der Waals surface area contributed by atoms with Crippen molar-refractivity contribution in [1.82, 2.24) is 5.32 Å². The quantitative estimate of drug-likeness (QED) is 0.764. The average Bonchev–Trinajstić information content (AvgIpc) is 2.50. The monoisotopic (exact) mass is 361 g/mol. The third kappa shape index (κ3) is 4.60. The van der Waals surface area contributed by atoms with E-state index in [4.69, 9.17) is 5.73 Å². The molecule has 0 saturated carbocycles. The Hall–Kier alpha value is -2.34. The van der Waals surface area contributed by atoms with Gasteiger partial charge in [0.25, 0.3) is 0 Å². The van der Waals surface area contributed by atoms with Crippen molar-refractivity contribution in [2.75, 3.05) is 11.9 Å². The highest BCUT2D eigenvalue weighted by Crippen LogP contribution is 2.15. The number of halogens is 1. The van der Waals surface area contributed by atoms with Gasteiger partial charge in [0, 0.05) is 22.3 Å². The molecule has 0 heterocycles. The molecule has 0 spiro atoms. The lowest BCUT2D eigenvalue weighted by molar-refractivity contribution is 0.100. The Morgan fingerprint density at radius 2 is 1.73 bits per heavy atom. The molecular formula is C16H16BrN3O2. The summed E-state index contributed by atoms with van der Waals surface area (Å²) < 4.78 is 1.03. The molecule has 6 heteroatoms. The first-order chi connectivity index (χ1) is 10.6. The molecule has 0 saturated heterocycles. The van der Waals surface area contributed by atoms with Gasteiger partial charge < -0.3 is 16.4 Å². The van der Waals surface area contributed by atoms with Gasteiger partial charge in [-0.15, -0.1) is 0 Å². The summed E-state index contributed by atoms with van der Waals surface area (Å²) in [6.07, 6.45) is 0.732. The number of nitrogens with one attached hydrogen (secondary N) is 2. The summed E-state index contributed by atoms with van der Waals surface area (Å²) in [5.74, 6) is -0.496. The second-order valence-corrected chi connectivity index (χ2v) is 5.52. The summed E-state index contributed by atoms with van der Waals surface area (Å²) in [6, 6.07) is 14.0. The number of anilines is 1. The first-order valence-corrected chi connectivity index (χ1v) is 7.53. The van der Waals surface area contributed by atoms with Crippen LogP contribution in [0.1, 0.15) is 15.9 Å². The van der Waals surface area contributed by atoms with Crippen molar-refractivity contribution in [1.29, 1.82) is 0 Å². The Bertz CT molecular complexity index is 671. The van der Waals surface area contributed by atoms with Crippen LogP contribution in [0.15, 0.2) is 53.0 Å². The molecule has 0 aliphatic heterocycles. The number of carbonyl (C=O) groups is 2. The maximum absolute atomic E-state index is 11.8. The van der Waals surface area contributed by atoms with Crippen LogP contribution in [0.25, 0.3) is 0 Å². The van der Waals surface area contributed by atoms with Gasteiger partial charge in [-0.1, -0.05) is 34.1 Å². The van der Waals surface area contributed by atoms with Gasteiger partial charge >= 0.3 is 6.03 Å². The molecule has 0 bridgehead atoms. The van der Waals surface area contributed by atoms with Crippen molar-refractivity contribution in [3.63, 3.8) is 0 Å². The minimum Gasteiger partial charge on any atom is -0.366 e. The molecule has 22 heavy (non-hydrogen) atoms. The van der Waals surface area contributed by atoms with Crippen molar-refractivity contribution in [3.8, 4) is 0 Å². The summed E-state index contributed by atoms with van der Waals surface area (Å²) in [6.45, 7) is 0.522. The van der Waals surface area contributed by atoms with Crippen LogP contribution in [0, 0.1) is 0 Å². The van der Waals surface area contributed by atoms with Gasteiger partial charge in [0.1, 0.15) is 0 Å². The molecule has 4 N–H and O–H groups in total. The average molecular weight is 362 g/mol. The number of hydrogen-bond donors (Lipinski definition) is 3. The van der Waals surface area contributed by atoms with E-state index in [0.717, 1.165) is 16.5 Å². The molecule has 2 aromatic rings. The van der Waals surface area contributed by atoms with E-state index in [0.29, 0.717) is 17.8 Å². The van der Waals surface area contributed by atoms with Gasteiger partial charge in [-0.3, -0.25) is 4.79 Å². The van der Waals surface area contributed by atoms with Gasteiger partial charge in [0.2, 0.25) is 5.91 Å². The second kappa shape index (κ2) is 7.61. The van der Waals surface area contributed by atoms with Crippen LogP contribution in [0.4, 0.5) is 10.5 Å². The molecule has 0 aliphatic carbocycles. The fourth-order valence-electron chi connectivity index (χ4n) is 1.90. The third-order valence-electron chi connectivity index (χ3n) is 3.07. The van der Waals surface area contributed by atoms with Gasteiger partial charge in [0.05, 0.1) is 0 Å². The van der Waals surface area contributed by atoms with Crippen LogP contribution >= 0.6 is 15.9 Å². The molecule has 0 aliphatic rings. The van der Waals surface area contributed by atoms with E-state index in [-0.39, 0.29) is 6.03 Å². The number of carbonyl (C=O) groups excluding carboxylic acids is 2. The van der Waals surface area contributed by atoms with Crippen LogP contribution in [0.3, 0.4) is 0 Å². The molecule has 0 radical (unpaired) electrons. The molecular weight excluding hydrogens is 346 g/mol. The van der Waals surface area contributed by atoms with E-state index in [1.807, 2.05) is 24.3 Å². The Kier molecular flexibility index (Phi) is 5.55. The van der Waals surface area contributed by atoms with Crippen molar-refractivity contribution < 1.29 is 9.59 Å². The highest BCUT2D eigenvalue weighted by molar-refractivity contribution is 9.10. The molecule has 114 valence electrons. The summed E-state index contributed by atoms with van der Waals surface area (Å²) >= 11 is 3.47. The number of urea groups is 1. The third-order valence-corrected chi connectivity index (χ3v) is 3.84. The zero-order chi connectivity index (χ0) is 15.9. The number of primary amides is 1. The molecule has 3 amide bonds. The Labute approximate surface area is 137 Å². The fraction of sp³-hybridized carbons (Fsp3) is 0.125. The smallest absolute Gasteiger partial charge is 0.319 e. The van der Waals surface area contributed by atoms with E-state index < -0.39 is 5.91 Å². The molecule has 0 aromatic heterocycles. The predicted octanol–water partition coefficient (Wildman–Crippen LogP) is 2.91. The number of rotatable bonds is 5. The minimum atomic E-state index is -0.496. The van der Waals surface area contributed by atoms with E-state index >= 15 is 0 Å². The van der Waals surface area contributed by atoms with Crippen LogP contribution in [-0.2, 0) is 6.42 Å². The van der Waals surface area contributed by atoms with E-state index in [1.165, 1.54) is 0 Å². The summed E-state index contributed by atoms with van der Waals surface area (Å²) in [5.41, 5.74) is 7.29. The highest BCUT2D eigenvalue weighted by atomic mass is 79.9. The second-order valence-electron chi connectivity index (χ2n) is 4.66. The first-order valence-electron chi connectivity index (χ1n) is 6.74. The molecule has 5 nitrogen and oxygen atoms in total. The highest BCUT2D eigenvalue weighted by Gasteiger charge is 2.04. The maximum atomic E-state index is 11.8. The van der Waals surface area contributed by atoms with Crippen molar-refractivity contribution in [2.24, 2.45) is 5.73 Å². The lowest BCUT2D eigenvalue weighted by atomic mass is 10.1. The maximum Gasteiger partial charge on any atom is 0.319 e. The number of hydrogen-bond acceptors (Lipinski definition) is 2. The number of nitrogens with two attached hydrogens (primary N) is 1. The zero-order valence-corrected chi connectivity index (χ0v) is 13.4. The largest absolute Gasteiger partial charge is 0.366 e. The zero-order valence-electron chi connectivity index (χ0n) is 11.8. The summed E-state index contributed by atoms with van der Waals surface area (Å²) in [5, 5.41) is 5.48. The van der Waals surface area contributed by atoms with Crippen LogP contribution in [0.5, 0.6) is 0 Å². The Balaban J connectivity index is 1.80. The minimum absolute atomic E-state index is 0.293. The van der Waals surface area contributed by atoms with Crippen LogP contribution in [0.2, 0.25) is 0 Å². The number of amides is 3. The van der Waals surface area contributed by atoms with E-state index in [1.54, 1.807) is 24.3 Å². The van der Waals surface area contributed by atoms with Crippen molar-refractivity contribution in [2.45, 2.75) is 6.42 Å². The van der Waals surface area contributed by atoms with Gasteiger partial charge in [-0.25, -0.2) is 4.79 Å². The van der Waals surface area contributed by atoms with Crippen LogP contribution < -0.4 is 16.4 Å². The fourth-order valence-corrected chi connectivity index (χ4v) is 2.39. The van der Waals surface area contributed by atoms with E-state index in [2.05, 4.69) is 26.6 Å². The SMILES string of the molecule is NC(=O)c1ccc(NC(=O)NCCc2ccccc2Br)cc1. The Morgan fingerprint density at radius 3 is 2.36 bits per heavy atom. The molecule has 0 unspecified atom stereocenters. The van der Waals surface area contributed by atoms with E-state index in [9.17, 15) is 9.59 Å². The van der Waals surface area contributed by atoms with Gasteiger partial charge in [0.15, 0.2) is 0 Å². The lowest BCUT2D eigenvalue weighted by Crippen LogP contribution is -2.30. The number of benzene rings is 2. The van der Waals surface area contributed by atoms with Gasteiger partial charge in [-0.05, 0) is 42.3 Å². The normalized spacial score (nSPS) is 10.0. The molecule has 2 rings (SSSR count). The van der Waals surface area contributed by atoms with Crippen molar-refractivity contribution >= 4 is 33.6 Å². The Morgan fingerprint density at radius 1 is 1.05 bits per heavy atom. The van der Waals surface area contributed by atoms with Crippen molar-refractivity contribution in [3.05, 3.63) is 64.1 Å². The molecule has 0 atom stereocenters. The predicted molar refractivity (Wildman–Crippen MR) is 89.8 cm³/mol. The summed E-state index contributed by atoms with van der Waals surface area (Å²) in [4.78, 5) is 22.7. The van der Waals surface area contributed by atoms with Gasteiger partial charge in [-0.2, -0.15) is 0 Å². The summed E-state index contributed by atoms with van der Waals surface area (Å²) in [7, 11) is 0. The molecule has 0 fully saturated rings. The standard InChI is InChI=1S/C16H16BrN3O2/c17-14-4-2-1-3-11(14)9-10-19-16(22)20-13-7-5-12(6-8-13)15(18)21/h1-8H,9-10H2,(H2,18,21)(H2,19,20,22). The van der Waals surface area contributed by atoms with Crippen LogP contribution in [-0.4, -0.2) is 18.5 Å².